The third kappa shape index (κ3) is 4.11. The lowest BCUT2D eigenvalue weighted by molar-refractivity contribution is -0.147. The molecule has 20 heavy (non-hydrogen) atoms. The molecule has 1 rings (SSSR count). The summed E-state index contributed by atoms with van der Waals surface area (Å²) in [4.78, 5) is 35.9. The molecular weight excluding hydrogens is 266 g/mol. The van der Waals surface area contributed by atoms with Gasteiger partial charge >= 0.3 is 18.0 Å². The number of carbonyl (C=O) groups excluding carboxylic acids is 2. The Bertz CT molecular complexity index is 400. The van der Waals surface area contributed by atoms with E-state index in [2.05, 4.69) is 0 Å². The molecule has 1 saturated heterocycles. The van der Waals surface area contributed by atoms with Crippen molar-refractivity contribution in [3.05, 3.63) is 0 Å². The fraction of sp³-hybridized carbons (Fsp3) is 0.769. The van der Waals surface area contributed by atoms with E-state index in [9.17, 15) is 14.4 Å². The summed E-state index contributed by atoms with van der Waals surface area (Å²) in [6.45, 7) is 6.98. The number of carbonyl (C=O) groups is 3. The summed E-state index contributed by atoms with van der Waals surface area (Å²) in [6, 6.07) is -1.06. The van der Waals surface area contributed by atoms with Crippen LogP contribution in [-0.4, -0.2) is 52.8 Å². The molecule has 2 atom stereocenters. The van der Waals surface area contributed by atoms with E-state index in [1.54, 1.807) is 27.7 Å². The van der Waals surface area contributed by atoms with E-state index >= 15 is 0 Å². The summed E-state index contributed by atoms with van der Waals surface area (Å²) in [6.07, 6.45) is -0.676. The van der Waals surface area contributed by atoms with Crippen LogP contribution in [0.3, 0.4) is 0 Å². The Kier molecular flexibility index (Phi) is 4.97. The normalized spacial score (nSPS) is 22.5. The van der Waals surface area contributed by atoms with E-state index in [0.717, 1.165) is 4.90 Å². The van der Waals surface area contributed by atoms with Gasteiger partial charge in [-0.15, -0.1) is 0 Å². The first-order valence-corrected chi connectivity index (χ1v) is 6.54. The lowest BCUT2D eigenvalue weighted by atomic mass is 10.1. The maximum absolute atomic E-state index is 12.0. The standard InChI is InChI=1S/C13H21NO6/c1-5-19-11(17)8-6-9(10(15)16)14(7-8)12(18)20-13(2,3)4/h8-9H,5-7H2,1-4H3,(H,15,16)/t8-,9+/m0/s1. The average molecular weight is 287 g/mol. The number of aliphatic carboxylic acids is 1. The second kappa shape index (κ2) is 6.11. The Morgan fingerprint density at radius 2 is 1.90 bits per heavy atom. The second-order valence-electron chi connectivity index (χ2n) is 5.67. The van der Waals surface area contributed by atoms with Crippen LogP contribution in [-0.2, 0) is 19.1 Å². The van der Waals surface area contributed by atoms with Gasteiger partial charge in [0, 0.05) is 6.54 Å². The maximum Gasteiger partial charge on any atom is 0.411 e. The van der Waals surface area contributed by atoms with Gasteiger partial charge in [-0.25, -0.2) is 9.59 Å². The zero-order valence-electron chi connectivity index (χ0n) is 12.2. The van der Waals surface area contributed by atoms with Crippen molar-refractivity contribution in [1.82, 2.24) is 4.90 Å². The molecule has 0 aromatic heterocycles. The van der Waals surface area contributed by atoms with Crippen molar-refractivity contribution in [1.29, 1.82) is 0 Å². The lowest BCUT2D eigenvalue weighted by Gasteiger charge is -2.26. The summed E-state index contributed by atoms with van der Waals surface area (Å²) in [7, 11) is 0. The molecule has 114 valence electrons. The quantitative estimate of drug-likeness (QED) is 0.785. The molecule has 0 radical (unpaired) electrons. The predicted octanol–water partition coefficient (Wildman–Crippen LogP) is 1.26. The Balaban J connectivity index is 2.80. The summed E-state index contributed by atoms with van der Waals surface area (Å²) in [5.41, 5.74) is -0.720. The monoisotopic (exact) mass is 287 g/mol. The van der Waals surface area contributed by atoms with Gasteiger partial charge in [0.1, 0.15) is 11.6 Å². The van der Waals surface area contributed by atoms with Gasteiger partial charge in [0.15, 0.2) is 0 Å². The summed E-state index contributed by atoms with van der Waals surface area (Å²) >= 11 is 0. The molecule has 7 heteroatoms. The Morgan fingerprint density at radius 1 is 1.30 bits per heavy atom. The van der Waals surface area contributed by atoms with Gasteiger partial charge in [0.2, 0.25) is 0 Å². The van der Waals surface area contributed by atoms with Crippen LogP contribution in [0, 0.1) is 5.92 Å². The van der Waals surface area contributed by atoms with Gasteiger partial charge in [-0.2, -0.15) is 0 Å². The van der Waals surface area contributed by atoms with Crippen molar-refractivity contribution in [2.24, 2.45) is 5.92 Å². The van der Waals surface area contributed by atoms with Crippen molar-refractivity contribution in [3.63, 3.8) is 0 Å². The molecule has 1 aliphatic heterocycles. The zero-order valence-corrected chi connectivity index (χ0v) is 12.2. The second-order valence-corrected chi connectivity index (χ2v) is 5.67. The van der Waals surface area contributed by atoms with E-state index in [1.807, 2.05) is 0 Å². The van der Waals surface area contributed by atoms with Crippen LogP contribution < -0.4 is 0 Å². The Morgan fingerprint density at radius 3 is 2.35 bits per heavy atom. The third-order valence-corrected chi connectivity index (χ3v) is 2.83. The van der Waals surface area contributed by atoms with Gasteiger partial charge in [-0.3, -0.25) is 9.69 Å². The van der Waals surface area contributed by atoms with E-state index in [1.165, 1.54) is 0 Å². The predicted molar refractivity (Wildman–Crippen MR) is 69.1 cm³/mol. The molecule has 1 amide bonds. The zero-order chi connectivity index (χ0) is 15.5. The minimum atomic E-state index is -1.15. The minimum Gasteiger partial charge on any atom is -0.480 e. The SMILES string of the molecule is CCOC(=O)[C@H]1C[C@H](C(=O)O)N(C(=O)OC(C)(C)C)C1. The first-order valence-electron chi connectivity index (χ1n) is 6.54. The van der Waals surface area contributed by atoms with Gasteiger partial charge in [0.25, 0.3) is 0 Å². The highest BCUT2D eigenvalue weighted by molar-refractivity contribution is 5.84. The number of esters is 1. The van der Waals surface area contributed by atoms with Gasteiger partial charge in [-0.05, 0) is 34.1 Å². The van der Waals surface area contributed by atoms with E-state index < -0.39 is 35.6 Å². The number of hydrogen-bond acceptors (Lipinski definition) is 5. The summed E-state index contributed by atoms with van der Waals surface area (Å²) in [5, 5.41) is 9.16. The molecule has 1 N–H and O–H groups in total. The number of carboxylic acids is 1. The van der Waals surface area contributed by atoms with E-state index in [0.29, 0.717) is 0 Å². The van der Waals surface area contributed by atoms with Crippen LogP contribution in [0.15, 0.2) is 0 Å². The largest absolute Gasteiger partial charge is 0.480 e. The third-order valence-electron chi connectivity index (χ3n) is 2.83. The number of likely N-dealkylation sites (tertiary alicyclic amines) is 1. The number of ether oxygens (including phenoxy) is 2. The molecule has 0 aromatic carbocycles. The molecule has 0 aliphatic carbocycles. The van der Waals surface area contributed by atoms with Crippen molar-refractivity contribution in [2.75, 3.05) is 13.2 Å². The molecule has 1 heterocycles. The molecule has 0 bridgehead atoms. The fourth-order valence-corrected chi connectivity index (χ4v) is 2.02. The molecule has 1 fully saturated rings. The number of carboxylic acid groups (broad SMARTS) is 1. The first-order chi connectivity index (χ1) is 9.15. The van der Waals surface area contributed by atoms with Crippen LogP contribution in [0.4, 0.5) is 4.79 Å². The number of amides is 1. The van der Waals surface area contributed by atoms with E-state index in [4.69, 9.17) is 14.6 Å². The number of nitrogens with zero attached hydrogens (tertiary/aromatic N) is 1. The molecule has 7 nitrogen and oxygen atoms in total. The van der Waals surface area contributed by atoms with Crippen LogP contribution in [0.25, 0.3) is 0 Å². The van der Waals surface area contributed by atoms with Crippen LogP contribution in [0.5, 0.6) is 0 Å². The van der Waals surface area contributed by atoms with E-state index in [-0.39, 0.29) is 19.6 Å². The van der Waals surface area contributed by atoms with Crippen LogP contribution in [0.1, 0.15) is 34.1 Å². The lowest BCUT2D eigenvalue weighted by Crippen LogP contribution is -2.43. The molecule has 0 saturated carbocycles. The van der Waals surface area contributed by atoms with Crippen molar-refractivity contribution in [3.8, 4) is 0 Å². The van der Waals surface area contributed by atoms with Crippen molar-refractivity contribution < 1.29 is 29.0 Å². The van der Waals surface area contributed by atoms with Gasteiger partial charge in [-0.1, -0.05) is 0 Å². The molecule has 0 aromatic rings. The highest BCUT2D eigenvalue weighted by Crippen LogP contribution is 2.26. The van der Waals surface area contributed by atoms with Crippen molar-refractivity contribution >= 4 is 18.0 Å². The highest BCUT2D eigenvalue weighted by Gasteiger charge is 2.44. The topological polar surface area (TPSA) is 93.1 Å². The van der Waals surface area contributed by atoms with Crippen molar-refractivity contribution in [2.45, 2.75) is 45.8 Å². The molecule has 0 unspecified atom stereocenters. The number of rotatable bonds is 3. The van der Waals surface area contributed by atoms with Gasteiger partial charge in [0.05, 0.1) is 12.5 Å². The Labute approximate surface area is 117 Å². The summed E-state index contributed by atoms with van der Waals surface area (Å²) in [5.74, 6) is -2.25. The minimum absolute atomic E-state index is 0.00468. The molecular formula is C13H21NO6. The smallest absolute Gasteiger partial charge is 0.411 e. The number of hydrogen-bond donors (Lipinski definition) is 1. The maximum atomic E-state index is 12.0. The molecule has 0 spiro atoms. The summed E-state index contributed by atoms with van der Waals surface area (Å²) < 4.78 is 10.0. The average Bonchev–Trinajstić information content (AvgIpc) is 2.71. The van der Waals surface area contributed by atoms with Crippen LogP contribution in [0.2, 0.25) is 0 Å². The first kappa shape index (κ1) is 16.3. The highest BCUT2D eigenvalue weighted by atomic mass is 16.6. The fourth-order valence-electron chi connectivity index (χ4n) is 2.02. The Hall–Kier alpha value is -1.79. The van der Waals surface area contributed by atoms with Crippen LogP contribution >= 0.6 is 0 Å². The van der Waals surface area contributed by atoms with Gasteiger partial charge < -0.3 is 14.6 Å². The molecule has 1 aliphatic rings.